The van der Waals surface area contributed by atoms with Gasteiger partial charge in [0.15, 0.2) is 17.2 Å². The highest BCUT2D eigenvalue weighted by Gasteiger charge is 2.16. The molecule has 0 saturated heterocycles. The summed E-state index contributed by atoms with van der Waals surface area (Å²) < 4.78 is 41.8. The molecule has 1 N–H and O–H groups in total. The van der Waals surface area contributed by atoms with Crippen LogP contribution in [0, 0.1) is 0 Å². The molecule has 0 spiro atoms. The molecule has 1 aliphatic rings. The highest BCUT2D eigenvalue weighted by Crippen LogP contribution is 2.30. The summed E-state index contributed by atoms with van der Waals surface area (Å²) in [5.74, 6) is 0.951. The zero-order valence-electron chi connectivity index (χ0n) is 12.6. The summed E-state index contributed by atoms with van der Waals surface area (Å²) in [6.07, 6.45) is 1.69. The highest BCUT2D eigenvalue weighted by atomic mass is 19.3. The van der Waals surface area contributed by atoms with Crippen LogP contribution in [0.1, 0.15) is 11.3 Å². The van der Waals surface area contributed by atoms with Gasteiger partial charge >= 0.3 is 6.61 Å². The minimum absolute atomic E-state index is 0.00152. The third-order valence-electron chi connectivity index (χ3n) is 3.54. The Bertz CT molecular complexity index is 676. The Morgan fingerprint density at radius 3 is 2.96 bits per heavy atom. The van der Waals surface area contributed by atoms with E-state index in [9.17, 15) is 8.78 Å². The molecular formula is C15H17F2N3O3. The minimum atomic E-state index is -2.89. The van der Waals surface area contributed by atoms with Crippen molar-refractivity contribution in [3.05, 3.63) is 35.7 Å². The summed E-state index contributed by atoms with van der Waals surface area (Å²) >= 11 is 0. The number of halogens is 2. The van der Waals surface area contributed by atoms with E-state index in [1.165, 1.54) is 13.2 Å². The van der Waals surface area contributed by atoms with Crippen molar-refractivity contribution in [1.82, 2.24) is 15.1 Å². The molecule has 6 nitrogen and oxygen atoms in total. The lowest BCUT2D eigenvalue weighted by Crippen LogP contribution is -2.28. The van der Waals surface area contributed by atoms with Gasteiger partial charge in [-0.05, 0) is 17.7 Å². The molecule has 0 saturated carbocycles. The second kappa shape index (κ2) is 6.82. The van der Waals surface area contributed by atoms with Crippen LogP contribution in [0.5, 0.6) is 17.2 Å². The maximum Gasteiger partial charge on any atom is 0.387 e. The molecule has 0 aliphatic carbocycles. The molecule has 1 aromatic heterocycles. The fourth-order valence-corrected chi connectivity index (χ4v) is 2.43. The highest BCUT2D eigenvalue weighted by molar-refractivity contribution is 5.43. The number of benzene rings is 1. The SMILES string of the molecule is COc1cc(COc2cnn3c2CNCC3)ccc1OC(F)F. The monoisotopic (exact) mass is 325 g/mol. The minimum Gasteiger partial charge on any atom is -0.493 e. The molecule has 0 fully saturated rings. The summed E-state index contributed by atoms with van der Waals surface area (Å²) in [6, 6.07) is 4.72. The van der Waals surface area contributed by atoms with Gasteiger partial charge in [-0.15, -0.1) is 0 Å². The van der Waals surface area contributed by atoms with Crippen molar-refractivity contribution in [3.8, 4) is 17.2 Å². The Kier molecular flexibility index (Phi) is 4.61. The van der Waals surface area contributed by atoms with E-state index in [1.54, 1.807) is 18.3 Å². The van der Waals surface area contributed by atoms with Crippen molar-refractivity contribution < 1.29 is 23.0 Å². The van der Waals surface area contributed by atoms with Crippen molar-refractivity contribution in [2.75, 3.05) is 13.7 Å². The van der Waals surface area contributed by atoms with Gasteiger partial charge in [0.05, 0.1) is 25.5 Å². The van der Waals surface area contributed by atoms with E-state index in [0.717, 1.165) is 24.3 Å². The standard InChI is InChI=1S/C15H17F2N3O3/c1-21-13-6-10(2-3-12(13)23-15(16)17)9-22-14-8-19-20-5-4-18-7-11(14)20/h2-3,6,8,15,18H,4-5,7,9H2,1H3. The van der Waals surface area contributed by atoms with Crippen LogP contribution >= 0.6 is 0 Å². The van der Waals surface area contributed by atoms with Crippen molar-refractivity contribution in [3.63, 3.8) is 0 Å². The van der Waals surface area contributed by atoms with E-state index in [-0.39, 0.29) is 18.1 Å². The Morgan fingerprint density at radius 1 is 1.30 bits per heavy atom. The average Bonchev–Trinajstić information content (AvgIpc) is 2.96. The first-order valence-electron chi connectivity index (χ1n) is 7.17. The van der Waals surface area contributed by atoms with Crippen molar-refractivity contribution in [1.29, 1.82) is 0 Å². The van der Waals surface area contributed by atoms with Crippen LogP contribution in [0.3, 0.4) is 0 Å². The van der Waals surface area contributed by atoms with Crippen LogP contribution in [0.15, 0.2) is 24.4 Å². The first-order chi connectivity index (χ1) is 11.2. The first-order valence-corrected chi connectivity index (χ1v) is 7.17. The first kappa shape index (κ1) is 15.5. The summed E-state index contributed by atoms with van der Waals surface area (Å²) in [6.45, 7) is -0.204. The number of hydrogen-bond donors (Lipinski definition) is 1. The smallest absolute Gasteiger partial charge is 0.387 e. The zero-order valence-corrected chi connectivity index (χ0v) is 12.6. The van der Waals surface area contributed by atoms with Gasteiger partial charge in [0.1, 0.15) is 6.61 Å². The van der Waals surface area contributed by atoms with Crippen molar-refractivity contribution >= 4 is 0 Å². The summed E-state index contributed by atoms with van der Waals surface area (Å²) in [4.78, 5) is 0. The molecule has 1 aromatic carbocycles. The molecule has 23 heavy (non-hydrogen) atoms. The molecule has 1 aliphatic heterocycles. The fourth-order valence-electron chi connectivity index (χ4n) is 2.43. The third kappa shape index (κ3) is 3.53. The van der Waals surface area contributed by atoms with Gasteiger partial charge < -0.3 is 19.5 Å². The van der Waals surface area contributed by atoms with Crippen LogP contribution in [-0.2, 0) is 19.7 Å². The predicted molar refractivity (Wildman–Crippen MR) is 77.9 cm³/mol. The quantitative estimate of drug-likeness (QED) is 0.882. The number of alkyl halides is 2. The molecule has 2 heterocycles. The van der Waals surface area contributed by atoms with E-state index in [2.05, 4.69) is 15.2 Å². The second-order valence-corrected chi connectivity index (χ2v) is 5.01. The van der Waals surface area contributed by atoms with Gasteiger partial charge in [0.25, 0.3) is 0 Å². The zero-order chi connectivity index (χ0) is 16.2. The lowest BCUT2D eigenvalue weighted by Gasteiger charge is -2.16. The largest absolute Gasteiger partial charge is 0.493 e. The van der Waals surface area contributed by atoms with Crippen molar-refractivity contribution in [2.45, 2.75) is 26.3 Å². The molecule has 0 unspecified atom stereocenters. The van der Waals surface area contributed by atoms with Gasteiger partial charge in [0.2, 0.25) is 0 Å². The number of methoxy groups -OCH3 is 1. The van der Waals surface area contributed by atoms with Crippen LogP contribution in [-0.4, -0.2) is 30.0 Å². The Morgan fingerprint density at radius 2 is 2.17 bits per heavy atom. The molecular weight excluding hydrogens is 308 g/mol. The van der Waals surface area contributed by atoms with Crippen LogP contribution in [0.25, 0.3) is 0 Å². The summed E-state index contributed by atoms with van der Waals surface area (Å²) in [5, 5.41) is 7.53. The molecule has 124 valence electrons. The lowest BCUT2D eigenvalue weighted by atomic mass is 10.2. The van der Waals surface area contributed by atoms with Crippen LogP contribution in [0.2, 0.25) is 0 Å². The number of nitrogens with zero attached hydrogens (tertiary/aromatic N) is 2. The summed E-state index contributed by atoms with van der Waals surface area (Å²) in [5.41, 5.74) is 1.79. The van der Waals surface area contributed by atoms with Gasteiger partial charge in [0, 0.05) is 13.1 Å². The number of rotatable bonds is 6. The average molecular weight is 325 g/mol. The predicted octanol–water partition coefficient (Wildman–Crippen LogP) is 2.18. The topological polar surface area (TPSA) is 57.5 Å². The van der Waals surface area contributed by atoms with Gasteiger partial charge in [-0.1, -0.05) is 6.07 Å². The second-order valence-electron chi connectivity index (χ2n) is 5.01. The third-order valence-corrected chi connectivity index (χ3v) is 3.54. The molecule has 0 amide bonds. The molecule has 0 atom stereocenters. The van der Waals surface area contributed by atoms with E-state index >= 15 is 0 Å². The van der Waals surface area contributed by atoms with E-state index in [0.29, 0.717) is 12.3 Å². The van der Waals surface area contributed by atoms with E-state index in [1.807, 2.05) is 4.68 Å². The van der Waals surface area contributed by atoms with Gasteiger partial charge in [-0.25, -0.2) is 0 Å². The Hall–Kier alpha value is -2.35. The maximum absolute atomic E-state index is 12.3. The maximum atomic E-state index is 12.3. The number of aromatic nitrogens is 2. The van der Waals surface area contributed by atoms with E-state index in [4.69, 9.17) is 9.47 Å². The van der Waals surface area contributed by atoms with Gasteiger partial charge in [-0.2, -0.15) is 13.9 Å². The molecule has 8 heteroatoms. The van der Waals surface area contributed by atoms with E-state index < -0.39 is 6.61 Å². The number of fused-ring (bicyclic) bond motifs is 1. The normalized spacial score (nSPS) is 13.7. The van der Waals surface area contributed by atoms with Crippen molar-refractivity contribution in [2.24, 2.45) is 0 Å². The Labute approximate surface area is 132 Å². The molecule has 3 rings (SSSR count). The number of nitrogens with one attached hydrogen (secondary N) is 1. The number of ether oxygens (including phenoxy) is 3. The van der Waals surface area contributed by atoms with Gasteiger partial charge in [-0.3, -0.25) is 4.68 Å². The van der Waals surface area contributed by atoms with Crippen LogP contribution in [0.4, 0.5) is 8.78 Å². The van der Waals surface area contributed by atoms with Crippen LogP contribution < -0.4 is 19.5 Å². The molecule has 2 aromatic rings. The summed E-state index contributed by atoms with van der Waals surface area (Å²) in [7, 11) is 1.40. The molecule has 0 bridgehead atoms. The Balaban J connectivity index is 1.69. The number of hydrogen-bond acceptors (Lipinski definition) is 5. The fraction of sp³-hybridized carbons (Fsp3) is 0.400. The molecule has 0 radical (unpaired) electrons. The lowest BCUT2D eigenvalue weighted by molar-refractivity contribution is -0.0512.